The molecule has 2 unspecified atom stereocenters. The average molecular weight is 296 g/mol. The molecule has 20 heavy (non-hydrogen) atoms. The zero-order valence-electron chi connectivity index (χ0n) is 11.2. The van der Waals surface area contributed by atoms with Crippen molar-refractivity contribution in [1.82, 2.24) is 10.3 Å². The van der Waals surface area contributed by atoms with Crippen molar-refractivity contribution >= 4 is 28.8 Å². The fourth-order valence-electron chi connectivity index (χ4n) is 1.60. The molecule has 0 saturated carbocycles. The highest BCUT2D eigenvalue weighted by Gasteiger charge is 2.13. The topological polar surface area (TPSA) is 96.4 Å². The lowest BCUT2D eigenvalue weighted by Gasteiger charge is -2.13. The van der Waals surface area contributed by atoms with Crippen LogP contribution in [0.2, 0.25) is 0 Å². The molecule has 2 N–H and O–H groups in total. The summed E-state index contributed by atoms with van der Waals surface area (Å²) < 4.78 is 11.1. The summed E-state index contributed by atoms with van der Waals surface area (Å²) in [7, 11) is -1.00. The smallest absolute Gasteiger partial charge is 0.328 e. The highest BCUT2D eigenvalue weighted by Crippen LogP contribution is 2.09. The van der Waals surface area contributed by atoms with Crippen molar-refractivity contribution in [2.24, 2.45) is 0 Å². The van der Waals surface area contributed by atoms with E-state index in [0.29, 0.717) is 16.9 Å². The van der Waals surface area contributed by atoms with Gasteiger partial charge in [-0.25, -0.2) is 4.79 Å². The van der Waals surface area contributed by atoms with E-state index in [9.17, 15) is 13.8 Å². The van der Waals surface area contributed by atoms with Crippen LogP contribution in [0.15, 0.2) is 24.5 Å². The number of carbonyl (C=O) groups excluding carboxylic acids is 1. The van der Waals surface area contributed by atoms with Crippen LogP contribution in [0.3, 0.4) is 0 Å². The molecule has 0 spiro atoms. The summed E-state index contributed by atoms with van der Waals surface area (Å²) in [6.07, 6.45) is 6.69. The first kappa shape index (κ1) is 16.0. The van der Waals surface area contributed by atoms with Gasteiger partial charge >= 0.3 is 5.97 Å². The van der Waals surface area contributed by atoms with E-state index in [4.69, 9.17) is 5.11 Å². The third-order valence-electron chi connectivity index (χ3n) is 2.36. The molecule has 0 aromatic carbocycles. The molecule has 0 aliphatic rings. The Bertz CT molecular complexity index is 557. The van der Waals surface area contributed by atoms with E-state index in [1.165, 1.54) is 24.5 Å². The highest BCUT2D eigenvalue weighted by molar-refractivity contribution is 7.84. The molecule has 1 aromatic rings. The van der Waals surface area contributed by atoms with Gasteiger partial charge in [-0.2, -0.15) is 0 Å². The van der Waals surface area contributed by atoms with Gasteiger partial charge in [-0.05, 0) is 19.1 Å². The van der Waals surface area contributed by atoms with Crippen molar-refractivity contribution in [2.75, 3.05) is 12.0 Å². The number of carboxylic acids is 1. The van der Waals surface area contributed by atoms with Gasteiger partial charge in [-0.3, -0.25) is 14.0 Å². The standard InChI is InChI=1S/C13H16N2O4S/c1-9(8-20(2)19)15-13(18)11-5-6-14-7-10(11)3-4-12(16)17/h3-7,9H,8H2,1-2H3,(H,15,18)(H,16,17)/b4-3+. The monoisotopic (exact) mass is 296 g/mol. The molecule has 2 atom stereocenters. The molecule has 6 nitrogen and oxygen atoms in total. The first-order valence-electron chi connectivity index (χ1n) is 5.86. The molecule has 0 fully saturated rings. The molecule has 0 bridgehead atoms. The molecular formula is C13H16N2O4S. The lowest BCUT2D eigenvalue weighted by Crippen LogP contribution is -2.36. The summed E-state index contributed by atoms with van der Waals surface area (Å²) in [5.74, 6) is -1.10. The van der Waals surface area contributed by atoms with E-state index in [2.05, 4.69) is 10.3 Å². The Balaban J connectivity index is 2.87. The Hall–Kier alpha value is -2.02. The third-order valence-corrected chi connectivity index (χ3v) is 3.33. The van der Waals surface area contributed by atoms with Gasteiger partial charge in [0.05, 0.1) is 0 Å². The van der Waals surface area contributed by atoms with Gasteiger partial charge in [-0.15, -0.1) is 0 Å². The van der Waals surface area contributed by atoms with Gasteiger partial charge in [0.25, 0.3) is 5.91 Å². The first-order valence-corrected chi connectivity index (χ1v) is 7.58. The van der Waals surface area contributed by atoms with Crippen LogP contribution in [0.5, 0.6) is 0 Å². The van der Waals surface area contributed by atoms with Crippen LogP contribution in [-0.2, 0) is 15.6 Å². The molecule has 1 heterocycles. The van der Waals surface area contributed by atoms with Gasteiger partial charge < -0.3 is 10.4 Å². The lowest BCUT2D eigenvalue weighted by molar-refractivity contribution is -0.131. The SMILES string of the molecule is CC(CS(C)=O)NC(=O)c1ccncc1/C=C/C(=O)O. The number of pyridine rings is 1. The average Bonchev–Trinajstić information content (AvgIpc) is 2.35. The maximum Gasteiger partial charge on any atom is 0.328 e. The number of aliphatic carboxylic acids is 1. The molecule has 1 rings (SSSR count). The van der Waals surface area contributed by atoms with E-state index < -0.39 is 16.8 Å². The number of amides is 1. The summed E-state index contributed by atoms with van der Waals surface area (Å²) in [6.45, 7) is 1.76. The maximum absolute atomic E-state index is 12.1. The summed E-state index contributed by atoms with van der Waals surface area (Å²) in [6, 6.07) is 1.27. The largest absolute Gasteiger partial charge is 0.478 e. The zero-order chi connectivity index (χ0) is 15.1. The molecule has 7 heteroatoms. The molecular weight excluding hydrogens is 280 g/mol. The van der Waals surface area contributed by atoms with E-state index in [1.807, 2.05) is 0 Å². The van der Waals surface area contributed by atoms with E-state index in [1.54, 1.807) is 13.2 Å². The minimum Gasteiger partial charge on any atom is -0.478 e. The summed E-state index contributed by atoms with van der Waals surface area (Å²) >= 11 is 0. The van der Waals surface area contributed by atoms with Crippen molar-refractivity contribution in [3.8, 4) is 0 Å². The summed E-state index contributed by atoms with van der Waals surface area (Å²) in [5, 5.41) is 11.3. The van der Waals surface area contributed by atoms with Crippen molar-refractivity contribution in [2.45, 2.75) is 13.0 Å². The number of aromatic nitrogens is 1. The second-order valence-corrected chi connectivity index (χ2v) is 5.73. The minimum atomic E-state index is -1.10. The van der Waals surface area contributed by atoms with Crippen LogP contribution in [0, 0.1) is 0 Å². The molecule has 0 aliphatic carbocycles. The number of hydrogen-bond acceptors (Lipinski definition) is 4. The lowest BCUT2D eigenvalue weighted by atomic mass is 10.1. The van der Waals surface area contributed by atoms with Gasteiger partial charge in [0.1, 0.15) is 0 Å². The van der Waals surface area contributed by atoms with Crippen molar-refractivity contribution in [1.29, 1.82) is 0 Å². The summed E-state index contributed by atoms with van der Waals surface area (Å²) in [4.78, 5) is 26.5. The predicted octanol–water partition coefficient (Wildman–Crippen LogP) is 0.676. The molecule has 0 saturated heterocycles. The van der Waals surface area contributed by atoms with Crippen LogP contribution in [0.4, 0.5) is 0 Å². The number of carbonyl (C=O) groups is 2. The van der Waals surface area contributed by atoms with Crippen LogP contribution in [0.1, 0.15) is 22.8 Å². The Morgan fingerprint density at radius 2 is 2.25 bits per heavy atom. The van der Waals surface area contributed by atoms with E-state index >= 15 is 0 Å². The fraction of sp³-hybridized carbons (Fsp3) is 0.308. The number of nitrogens with one attached hydrogen (secondary N) is 1. The Morgan fingerprint density at radius 3 is 2.85 bits per heavy atom. The van der Waals surface area contributed by atoms with Crippen LogP contribution in [-0.4, -0.2) is 44.2 Å². The maximum atomic E-state index is 12.1. The molecule has 1 aromatic heterocycles. The van der Waals surface area contributed by atoms with Gasteiger partial charge in [0.2, 0.25) is 0 Å². The van der Waals surface area contributed by atoms with Crippen LogP contribution >= 0.6 is 0 Å². The van der Waals surface area contributed by atoms with Crippen molar-refractivity contribution < 1.29 is 18.9 Å². The Morgan fingerprint density at radius 1 is 1.55 bits per heavy atom. The zero-order valence-corrected chi connectivity index (χ0v) is 12.0. The normalized spacial score (nSPS) is 13.9. The van der Waals surface area contributed by atoms with Gasteiger partial charge in [-0.1, -0.05) is 0 Å². The quantitative estimate of drug-likeness (QED) is 0.752. The van der Waals surface area contributed by atoms with E-state index in [0.717, 1.165) is 6.08 Å². The van der Waals surface area contributed by atoms with Crippen LogP contribution in [0.25, 0.3) is 6.08 Å². The second-order valence-electron chi connectivity index (χ2n) is 4.25. The third kappa shape index (κ3) is 5.31. The first-order chi connectivity index (χ1) is 9.40. The van der Waals surface area contributed by atoms with Gasteiger partial charge in [0.15, 0.2) is 0 Å². The predicted molar refractivity (Wildman–Crippen MR) is 76.8 cm³/mol. The highest BCUT2D eigenvalue weighted by atomic mass is 32.2. The minimum absolute atomic E-state index is 0.238. The van der Waals surface area contributed by atoms with E-state index in [-0.39, 0.29) is 11.9 Å². The number of nitrogens with zero attached hydrogens (tertiary/aromatic N) is 1. The number of carboxylic acid groups (broad SMARTS) is 1. The Labute approximate surface area is 119 Å². The molecule has 0 aliphatic heterocycles. The molecule has 0 radical (unpaired) electrons. The second kappa shape index (κ2) is 7.54. The number of rotatable bonds is 6. The Kier molecular flexibility index (Phi) is 6.05. The van der Waals surface area contributed by atoms with Gasteiger partial charge in [0, 0.05) is 58.4 Å². The molecule has 1 amide bonds. The molecule has 108 valence electrons. The number of hydrogen-bond donors (Lipinski definition) is 2. The van der Waals surface area contributed by atoms with Crippen LogP contribution < -0.4 is 5.32 Å². The van der Waals surface area contributed by atoms with Crippen molar-refractivity contribution in [3.63, 3.8) is 0 Å². The summed E-state index contributed by atoms with van der Waals surface area (Å²) in [5.41, 5.74) is 0.739. The van der Waals surface area contributed by atoms with Crippen molar-refractivity contribution in [3.05, 3.63) is 35.7 Å². The fourth-order valence-corrected chi connectivity index (χ4v) is 2.39.